The summed E-state index contributed by atoms with van der Waals surface area (Å²) in [6.45, 7) is 2.01. The zero-order valence-corrected chi connectivity index (χ0v) is 10.5. The molecule has 0 saturated heterocycles. The van der Waals surface area contributed by atoms with Crippen LogP contribution in [0, 0.1) is 0 Å². The van der Waals surface area contributed by atoms with Crippen LogP contribution < -0.4 is 5.73 Å². The number of hydrogen-bond acceptors (Lipinski definition) is 5. The van der Waals surface area contributed by atoms with E-state index >= 15 is 0 Å². The molecular weight excluding hydrogens is 238 g/mol. The molecule has 0 fully saturated rings. The first kappa shape index (κ1) is 11.7. The Bertz CT molecular complexity index is 528. The molecule has 5 heteroatoms. The van der Waals surface area contributed by atoms with Crippen molar-refractivity contribution in [2.24, 2.45) is 0 Å². The second-order valence-electron chi connectivity index (χ2n) is 3.47. The van der Waals surface area contributed by atoms with Gasteiger partial charge in [-0.05, 0) is 18.6 Å². The second-order valence-corrected chi connectivity index (χ2v) is 4.57. The highest BCUT2D eigenvalue weighted by Crippen LogP contribution is 2.39. The molecule has 0 aromatic carbocycles. The van der Waals surface area contributed by atoms with Crippen molar-refractivity contribution in [3.8, 4) is 11.3 Å². The summed E-state index contributed by atoms with van der Waals surface area (Å²) >= 11 is 1.36. The normalized spacial score (nSPS) is 10.5. The number of thiophene rings is 1. The third-order valence-corrected chi connectivity index (χ3v) is 3.81. The fourth-order valence-corrected chi connectivity index (χ4v) is 2.76. The zero-order chi connectivity index (χ0) is 12.4. The topological polar surface area (TPSA) is 65.5 Å². The first-order valence-corrected chi connectivity index (χ1v) is 6.04. The van der Waals surface area contributed by atoms with E-state index in [1.54, 1.807) is 12.3 Å². The molecule has 0 atom stereocenters. The van der Waals surface area contributed by atoms with Crippen molar-refractivity contribution in [2.75, 3.05) is 12.8 Å². The maximum Gasteiger partial charge on any atom is 0.350 e. The summed E-state index contributed by atoms with van der Waals surface area (Å²) in [5.74, 6) is 0.283. The Labute approximate surface area is 103 Å². The predicted molar refractivity (Wildman–Crippen MR) is 67.2 cm³/mol. The lowest BCUT2D eigenvalue weighted by atomic mass is 10.1. The molecule has 0 spiro atoms. The van der Waals surface area contributed by atoms with E-state index in [-0.39, 0.29) is 0 Å². The van der Waals surface area contributed by atoms with E-state index in [2.05, 4.69) is 0 Å². The third kappa shape index (κ3) is 1.93. The van der Waals surface area contributed by atoms with Crippen LogP contribution >= 0.6 is 11.3 Å². The average molecular weight is 251 g/mol. The van der Waals surface area contributed by atoms with E-state index in [4.69, 9.17) is 14.9 Å². The minimum atomic E-state index is -0.403. The number of methoxy groups -OCH3 is 1. The molecule has 0 saturated carbocycles. The molecule has 2 heterocycles. The maximum absolute atomic E-state index is 11.6. The largest absolute Gasteiger partial charge is 0.465 e. The van der Waals surface area contributed by atoms with Gasteiger partial charge in [0.1, 0.15) is 10.6 Å². The highest BCUT2D eigenvalue weighted by Gasteiger charge is 2.22. The summed E-state index contributed by atoms with van der Waals surface area (Å²) in [6.07, 6.45) is 2.38. The summed E-state index contributed by atoms with van der Waals surface area (Å²) in [6, 6.07) is 3.63. The number of furan rings is 1. The van der Waals surface area contributed by atoms with Gasteiger partial charge in [0, 0.05) is 4.88 Å². The van der Waals surface area contributed by atoms with Gasteiger partial charge in [-0.1, -0.05) is 6.92 Å². The van der Waals surface area contributed by atoms with Gasteiger partial charge in [-0.3, -0.25) is 0 Å². The van der Waals surface area contributed by atoms with Crippen LogP contribution in [0.4, 0.5) is 5.69 Å². The van der Waals surface area contributed by atoms with Crippen molar-refractivity contribution in [2.45, 2.75) is 13.3 Å². The first-order valence-electron chi connectivity index (χ1n) is 5.22. The van der Waals surface area contributed by atoms with Crippen LogP contribution in [-0.4, -0.2) is 13.1 Å². The molecule has 0 unspecified atom stereocenters. The Hall–Kier alpha value is -1.75. The van der Waals surface area contributed by atoms with Crippen LogP contribution in [0.5, 0.6) is 0 Å². The molecule has 2 aromatic rings. The van der Waals surface area contributed by atoms with Crippen LogP contribution in [0.3, 0.4) is 0 Å². The molecule has 4 nitrogen and oxygen atoms in total. The average Bonchev–Trinajstić information content (AvgIpc) is 2.95. The molecule has 0 amide bonds. The molecule has 2 N–H and O–H groups in total. The van der Waals surface area contributed by atoms with Crippen LogP contribution in [0.2, 0.25) is 0 Å². The van der Waals surface area contributed by atoms with Gasteiger partial charge in [0.25, 0.3) is 0 Å². The van der Waals surface area contributed by atoms with E-state index in [1.807, 2.05) is 13.0 Å². The molecule has 0 aliphatic carbocycles. The van der Waals surface area contributed by atoms with Crippen molar-refractivity contribution in [3.63, 3.8) is 0 Å². The SMILES string of the molecule is CCc1sc(C(=O)OC)c(N)c1-c1ccco1. The van der Waals surface area contributed by atoms with Crippen molar-refractivity contribution in [1.82, 2.24) is 0 Å². The molecule has 2 rings (SSSR count). The number of hydrogen-bond donors (Lipinski definition) is 1. The predicted octanol–water partition coefficient (Wildman–Crippen LogP) is 2.94. The standard InChI is InChI=1S/C12H13NO3S/c1-3-8-9(7-5-4-6-16-7)10(13)11(17-8)12(14)15-2/h4-6H,3,13H2,1-2H3. The van der Waals surface area contributed by atoms with Gasteiger partial charge in [-0.15, -0.1) is 11.3 Å². The van der Waals surface area contributed by atoms with Gasteiger partial charge in [0.2, 0.25) is 0 Å². The lowest BCUT2D eigenvalue weighted by Crippen LogP contribution is -2.02. The molecule has 0 bridgehead atoms. The molecular formula is C12H13NO3S. The smallest absolute Gasteiger partial charge is 0.350 e. The number of ether oxygens (including phenoxy) is 1. The van der Waals surface area contributed by atoms with Crippen LogP contribution in [-0.2, 0) is 11.2 Å². The Morgan fingerprint density at radius 2 is 2.35 bits per heavy atom. The second kappa shape index (κ2) is 4.63. The van der Waals surface area contributed by atoms with Crippen LogP contribution in [0.1, 0.15) is 21.5 Å². The van der Waals surface area contributed by atoms with Gasteiger partial charge >= 0.3 is 5.97 Å². The Morgan fingerprint density at radius 1 is 1.59 bits per heavy atom. The molecule has 17 heavy (non-hydrogen) atoms. The number of rotatable bonds is 3. The van der Waals surface area contributed by atoms with Crippen molar-refractivity contribution in [1.29, 1.82) is 0 Å². The van der Waals surface area contributed by atoms with Gasteiger partial charge in [0.05, 0.1) is 24.6 Å². The van der Waals surface area contributed by atoms with Gasteiger partial charge < -0.3 is 14.9 Å². The number of nitrogen functional groups attached to an aromatic ring is 1. The van der Waals surface area contributed by atoms with Gasteiger partial charge in [-0.2, -0.15) is 0 Å². The van der Waals surface area contributed by atoms with Crippen molar-refractivity contribution >= 4 is 23.0 Å². The molecule has 0 aliphatic rings. The number of esters is 1. The molecule has 2 aromatic heterocycles. The number of aryl methyl sites for hydroxylation is 1. The summed E-state index contributed by atoms with van der Waals surface area (Å²) in [4.78, 5) is 13.0. The van der Waals surface area contributed by atoms with E-state index in [0.717, 1.165) is 16.9 Å². The Morgan fingerprint density at radius 3 is 2.88 bits per heavy atom. The maximum atomic E-state index is 11.6. The summed E-state index contributed by atoms with van der Waals surface area (Å²) in [5, 5.41) is 0. The van der Waals surface area contributed by atoms with E-state index < -0.39 is 5.97 Å². The number of nitrogens with two attached hydrogens (primary N) is 1. The molecule has 0 radical (unpaired) electrons. The minimum Gasteiger partial charge on any atom is -0.465 e. The highest BCUT2D eigenvalue weighted by molar-refractivity contribution is 7.15. The van der Waals surface area contributed by atoms with Crippen molar-refractivity contribution in [3.05, 3.63) is 28.2 Å². The van der Waals surface area contributed by atoms with E-state index in [0.29, 0.717) is 16.3 Å². The highest BCUT2D eigenvalue weighted by atomic mass is 32.1. The Balaban J connectivity index is 2.59. The monoisotopic (exact) mass is 251 g/mol. The fraction of sp³-hybridized carbons (Fsp3) is 0.250. The summed E-state index contributed by atoms with van der Waals surface area (Å²) in [7, 11) is 1.35. The zero-order valence-electron chi connectivity index (χ0n) is 9.65. The Kier molecular flexibility index (Phi) is 3.19. The number of anilines is 1. The van der Waals surface area contributed by atoms with E-state index in [1.165, 1.54) is 18.4 Å². The van der Waals surface area contributed by atoms with Crippen LogP contribution in [0.25, 0.3) is 11.3 Å². The summed E-state index contributed by atoms with van der Waals surface area (Å²) in [5.41, 5.74) is 7.24. The van der Waals surface area contributed by atoms with E-state index in [9.17, 15) is 4.79 Å². The minimum absolute atomic E-state index is 0.403. The lowest BCUT2D eigenvalue weighted by Gasteiger charge is -2.00. The molecule has 0 aliphatic heterocycles. The summed E-state index contributed by atoms with van der Waals surface area (Å²) < 4.78 is 10.1. The van der Waals surface area contributed by atoms with Gasteiger partial charge in [-0.25, -0.2) is 4.79 Å². The van der Waals surface area contributed by atoms with Crippen molar-refractivity contribution < 1.29 is 13.9 Å². The lowest BCUT2D eigenvalue weighted by molar-refractivity contribution is 0.0607. The first-order chi connectivity index (χ1) is 8.19. The third-order valence-electron chi connectivity index (χ3n) is 2.48. The quantitative estimate of drug-likeness (QED) is 0.852. The fourth-order valence-electron chi connectivity index (χ4n) is 1.68. The van der Waals surface area contributed by atoms with Crippen LogP contribution in [0.15, 0.2) is 22.8 Å². The number of carbonyl (C=O) groups is 1. The molecule has 90 valence electrons. The van der Waals surface area contributed by atoms with Gasteiger partial charge in [0.15, 0.2) is 0 Å². The number of carbonyl (C=O) groups excluding carboxylic acids is 1.